The van der Waals surface area contributed by atoms with E-state index in [0.717, 1.165) is 22.8 Å². The van der Waals surface area contributed by atoms with Crippen LogP contribution in [-0.2, 0) is 10.5 Å². The Morgan fingerprint density at radius 3 is 2.83 bits per heavy atom. The number of ether oxygens (including phenoxy) is 1. The fourth-order valence-electron chi connectivity index (χ4n) is 1.99. The van der Waals surface area contributed by atoms with Gasteiger partial charge in [-0.15, -0.1) is 18.2 Å². The minimum Gasteiger partial charge on any atom is -0.494 e. The number of benzene rings is 1. The van der Waals surface area contributed by atoms with Gasteiger partial charge in [0.25, 0.3) is 0 Å². The third-order valence-electron chi connectivity index (χ3n) is 3.16. The molecule has 2 aromatic rings. The number of hydrogen-bond donors (Lipinski definition) is 1. The number of carbonyl (C=O) groups is 1. The van der Waals surface area contributed by atoms with E-state index in [0.29, 0.717) is 24.0 Å². The minimum absolute atomic E-state index is 0.0779. The number of rotatable bonds is 8. The van der Waals surface area contributed by atoms with Crippen molar-refractivity contribution in [1.29, 1.82) is 0 Å². The molecule has 0 aliphatic rings. The van der Waals surface area contributed by atoms with Gasteiger partial charge in [-0.25, -0.2) is 4.98 Å². The van der Waals surface area contributed by atoms with Gasteiger partial charge in [0.05, 0.1) is 24.6 Å². The summed E-state index contributed by atoms with van der Waals surface area (Å²) in [6, 6.07) is 7.62. The second-order valence-corrected chi connectivity index (χ2v) is 5.94. The van der Waals surface area contributed by atoms with Crippen molar-refractivity contribution in [3.63, 3.8) is 0 Å². The Morgan fingerprint density at radius 2 is 2.17 bits per heavy atom. The minimum atomic E-state index is -0.0779. The van der Waals surface area contributed by atoms with E-state index in [2.05, 4.69) is 16.2 Å². The highest BCUT2D eigenvalue weighted by Gasteiger charge is 2.12. The van der Waals surface area contributed by atoms with Gasteiger partial charge in [0, 0.05) is 11.3 Å². The van der Waals surface area contributed by atoms with Crippen LogP contribution in [-0.4, -0.2) is 29.8 Å². The van der Waals surface area contributed by atoms with E-state index in [1.807, 2.05) is 38.1 Å². The molecule has 24 heavy (non-hydrogen) atoms. The standard InChI is InChI=1S/C18H20N2O3S/c1-4-10-19-17(21)12-24-11-16-13(3)23-18(20-16)14-6-8-15(9-7-14)22-5-2/h1,6-9H,5,10-12H2,2-3H3,(H,19,21). The van der Waals surface area contributed by atoms with Gasteiger partial charge in [-0.3, -0.25) is 4.79 Å². The molecule has 6 heteroatoms. The van der Waals surface area contributed by atoms with Crippen LogP contribution in [0.4, 0.5) is 0 Å². The summed E-state index contributed by atoms with van der Waals surface area (Å²) >= 11 is 1.47. The molecule has 0 fully saturated rings. The number of carbonyl (C=O) groups excluding carboxylic acids is 1. The van der Waals surface area contributed by atoms with Gasteiger partial charge >= 0.3 is 0 Å². The number of nitrogens with zero attached hydrogens (tertiary/aromatic N) is 1. The lowest BCUT2D eigenvalue weighted by molar-refractivity contribution is -0.118. The summed E-state index contributed by atoms with van der Waals surface area (Å²) in [5, 5.41) is 2.63. The molecule has 0 unspecified atom stereocenters. The molecule has 1 heterocycles. The average molecular weight is 344 g/mol. The summed E-state index contributed by atoms with van der Waals surface area (Å²) in [4.78, 5) is 16.0. The van der Waals surface area contributed by atoms with E-state index in [1.54, 1.807) is 0 Å². The van der Waals surface area contributed by atoms with Crippen molar-refractivity contribution in [2.45, 2.75) is 19.6 Å². The number of amides is 1. The molecule has 1 N–H and O–H groups in total. The first-order chi connectivity index (χ1) is 11.6. The topological polar surface area (TPSA) is 64.4 Å². The fraction of sp³-hybridized carbons (Fsp3) is 0.333. The van der Waals surface area contributed by atoms with Gasteiger partial charge < -0.3 is 14.5 Å². The number of terminal acetylenes is 1. The van der Waals surface area contributed by atoms with Crippen LogP contribution >= 0.6 is 11.8 Å². The smallest absolute Gasteiger partial charge is 0.230 e. The predicted molar refractivity (Wildman–Crippen MR) is 95.8 cm³/mol. The highest BCUT2D eigenvalue weighted by atomic mass is 32.2. The van der Waals surface area contributed by atoms with Crippen LogP contribution in [0.15, 0.2) is 28.7 Å². The lowest BCUT2D eigenvalue weighted by Crippen LogP contribution is -2.25. The van der Waals surface area contributed by atoms with Crippen LogP contribution in [0.3, 0.4) is 0 Å². The first-order valence-electron chi connectivity index (χ1n) is 7.61. The molecule has 0 bridgehead atoms. The summed E-state index contributed by atoms with van der Waals surface area (Å²) in [5.41, 5.74) is 1.73. The van der Waals surface area contributed by atoms with E-state index < -0.39 is 0 Å². The van der Waals surface area contributed by atoms with Gasteiger partial charge in [-0.1, -0.05) is 5.92 Å². The van der Waals surface area contributed by atoms with Crippen LogP contribution in [0.1, 0.15) is 18.4 Å². The van der Waals surface area contributed by atoms with Crippen LogP contribution in [0.25, 0.3) is 11.5 Å². The Kier molecular flexibility index (Phi) is 6.76. The Labute approximate surface area is 146 Å². The number of hydrogen-bond acceptors (Lipinski definition) is 5. The van der Waals surface area contributed by atoms with Gasteiger partial charge in [-0.05, 0) is 38.1 Å². The lowest BCUT2D eigenvalue weighted by atomic mass is 10.2. The highest BCUT2D eigenvalue weighted by Crippen LogP contribution is 2.25. The molecule has 2 rings (SSSR count). The number of nitrogens with one attached hydrogen (secondary N) is 1. The van der Waals surface area contributed by atoms with Gasteiger partial charge in [0.15, 0.2) is 0 Å². The van der Waals surface area contributed by atoms with Crippen molar-refractivity contribution in [1.82, 2.24) is 10.3 Å². The van der Waals surface area contributed by atoms with Crippen molar-refractivity contribution in [3.05, 3.63) is 35.7 Å². The predicted octanol–water partition coefficient (Wildman–Crippen LogP) is 3.03. The molecule has 0 saturated carbocycles. The zero-order chi connectivity index (χ0) is 17.4. The summed E-state index contributed by atoms with van der Waals surface area (Å²) in [6.45, 7) is 4.71. The number of aromatic nitrogens is 1. The van der Waals surface area contributed by atoms with E-state index >= 15 is 0 Å². The zero-order valence-electron chi connectivity index (χ0n) is 13.8. The largest absolute Gasteiger partial charge is 0.494 e. The average Bonchev–Trinajstić information content (AvgIpc) is 2.95. The second-order valence-electron chi connectivity index (χ2n) is 4.95. The Balaban J connectivity index is 1.94. The molecule has 1 aromatic carbocycles. The SMILES string of the molecule is C#CCNC(=O)CSCc1nc(-c2ccc(OCC)cc2)oc1C. The molecule has 0 radical (unpaired) electrons. The van der Waals surface area contributed by atoms with E-state index in [1.165, 1.54) is 11.8 Å². The highest BCUT2D eigenvalue weighted by molar-refractivity contribution is 7.99. The maximum Gasteiger partial charge on any atom is 0.230 e. The molecule has 1 amide bonds. The van der Waals surface area contributed by atoms with E-state index in [9.17, 15) is 4.79 Å². The maximum atomic E-state index is 11.5. The van der Waals surface area contributed by atoms with Gasteiger partial charge in [0.1, 0.15) is 11.5 Å². The Hall–Kier alpha value is -2.39. The summed E-state index contributed by atoms with van der Waals surface area (Å²) in [5.74, 6) is 5.39. The number of oxazole rings is 1. The first-order valence-corrected chi connectivity index (χ1v) is 8.77. The molecule has 0 aliphatic carbocycles. The van der Waals surface area contributed by atoms with Crippen molar-refractivity contribution < 1.29 is 13.9 Å². The summed E-state index contributed by atoms with van der Waals surface area (Å²) < 4.78 is 11.2. The van der Waals surface area contributed by atoms with Gasteiger partial charge in [0.2, 0.25) is 11.8 Å². The molecular weight excluding hydrogens is 324 g/mol. The quantitative estimate of drug-likeness (QED) is 0.746. The molecule has 0 aliphatic heterocycles. The molecule has 0 atom stereocenters. The second kappa shape index (κ2) is 9.04. The Bertz CT molecular complexity index is 717. The molecule has 1 aromatic heterocycles. The van der Waals surface area contributed by atoms with Crippen LogP contribution < -0.4 is 10.1 Å². The fourth-order valence-corrected chi connectivity index (χ4v) is 2.84. The van der Waals surface area contributed by atoms with Crippen LogP contribution in [0, 0.1) is 19.3 Å². The lowest BCUT2D eigenvalue weighted by Gasteiger charge is -2.02. The van der Waals surface area contributed by atoms with Crippen LogP contribution in [0.2, 0.25) is 0 Å². The third-order valence-corrected chi connectivity index (χ3v) is 4.11. The summed E-state index contributed by atoms with van der Waals surface area (Å²) in [6.07, 6.45) is 5.10. The molecule has 0 spiro atoms. The monoisotopic (exact) mass is 344 g/mol. The first kappa shape index (κ1) is 18.0. The number of thioether (sulfide) groups is 1. The molecule has 5 nitrogen and oxygen atoms in total. The van der Waals surface area contributed by atoms with Crippen molar-refractivity contribution in [3.8, 4) is 29.5 Å². The Morgan fingerprint density at radius 1 is 1.42 bits per heavy atom. The third kappa shape index (κ3) is 5.07. The number of aryl methyl sites for hydroxylation is 1. The van der Waals surface area contributed by atoms with Crippen LogP contribution in [0.5, 0.6) is 5.75 Å². The zero-order valence-corrected chi connectivity index (χ0v) is 14.6. The van der Waals surface area contributed by atoms with Gasteiger partial charge in [-0.2, -0.15) is 0 Å². The molecule has 126 valence electrons. The van der Waals surface area contributed by atoms with E-state index in [4.69, 9.17) is 15.6 Å². The van der Waals surface area contributed by atoms with Crippen molar-refractivity contribution >= 4 is 17.7 Å². The summed E-state index contributed by atoms with van der Waals surface area (Å²) in [7, 11) is 0. The molecule has 0 saturated heterocycles. The van der Waals surface area contributed by atoms with Crippen molar-refractivity contribution in [2.75, 3.05) is 18.9 Å². The maximum absolute atomic E-state index is 11.5. The van der Waals surface area contributed by atoms with E-state index in [-0.39, 0.29) is 12.5 Å². The van der Waals surface area contributed by atoms with Crippen molar-refractivity contribution in [2.24, 2.45) is 0 Å². The molecular formula is C18H20N2O3S. The normalized spacial score (nSPS) is 10.2.